The molecule has 3 fully saturated rings. The summed E-state index contributed by atoms with van der Waals surface area (Å²) in [5, 5.41) is 6.42. The van der Waals surface area contributed by atoms with E-state index in [4.69, 9.17) is 11.1 Å². The highest BCUT2D eigenvalue weighted by Crippen LogP contribution is 2.50. The quantitative estimate of drug-likeness (QED) is 0.202. The monoisotopic (exact) mass is 654 g/mol. The first-order valence-corrected chi connectivity index (χ1v) is 16.5. The Morgan fingerprint density at radius 2 is 1.67 bits per heavy atom. The van der Waals surface area contributed by atoms with E-state index in [0.29, 0.717) is 13.1 Å². The van der Waals surface area contributed by atoms with Crippen molar-refractivity contribution in [3.05, 3.63) is 106 Å². The Labute approximate surface area is 283 Å². The average Bonchev–Trinajstić information content (AvgIpc) is 3.75. The number of carbonyl (C=O) groups is 4. The second-order valence-corrected chi connectivity index (χ2v) is 13.5. The van der Waals surface area contributed by atoms with Crippen molar-refractivity contribution in [1.82, 2.24) is 15.4 Å². The second-order valence-electron chi connectivity index (χ2n) is 13.5. The first-order valence-electron chi connectivity index (χ1n) is 16.5. The molecule has 1 saturated carbocycles. The summed E-state index contributed by atoms with van der Waals surface area (Å²) < 4.78 is 5.49. The van der Waals surface area contributed by atoms with Crippen LogP contribution in [0.25, 0.3) is 16.0 Å². The van der Waals surface area contributed by atoms with E-state index in [2.05, 4.69) is 74.5 Å². The summed E-state index contributed by atoms with van der Waals surface area (Å²) in [5.41, 5.74) is 7.98. The lowest BCUT2D eigenvalue weighted by Gasteiger charge is -2.48. The van der Waals surface area contributed by atoms with Crippen LogP contribution in [0.2, 0.25) is 0 Å². The molecule has 49 heavy (non-hydrogen) atoms. The number of anilines is 3. The van der Waals surface area contributed by atoms with Crippen LogP contribution < -0.4 is 15.1 Å². The average molecular weight is 655 g/mol. The van der Waals surface area contributed by atoms with Crippen molar-refractivity contribution < 1.29 is 23.7 Å². The third-order valence-corrected chi connectivity index (χ3v) is 10.4. The number of hydrogen-bond acceptors (Lipinski definition) is 8. The highest BCUT2D eigenvalue weighted by atomic mass is 16.5. The molecule has 3 aliphatic heterocycles. The molecule has 1 N–H and O–H groups in total. The normalized spacial score (nSPS) is 19.8. The predicted octanol–water partition coefficient (Wildman–Crippen LogP) is 5.60. The lowest BCUT2D eigenvalue weighted by Crippen LogP contribution is -2.58. The van der Waals surface area contributed by atoms with Gasteiger partial charge >= 0.3 is 0 Å². The highest BCUT2D eigenvalue weighted by molar-refractivity contribution is 6.23. The van der Waals surface area contributed by atoms with Gasteiger partial charge in [0.15, 0.2) is 0 Å². The van der Waals surface area contributed by atoms with Crippen molar-refractivity contribution in [2.75, 3.05) is 22.9 Å². The molecule has 2 saturated heterocycles. The zero-order valence-electron chi connectivity index (χ0n) is 27.4. The highest BCUT2D eigenvalue weighted by Gasteiger charge is 2.52. The van der Waals surface area contributed by atoms with Crippen LogP contribution in [0.1, 0.15) is 69.0 Å². The van der Waals surface area contributed by atoms with Gasteiger partial charge in [-0.1, -0.05) is 17.3 Å². The molecule has 0 spiro atoms. The molecular weight excluding hydrogens is 620 g/mol. The number of amides is 4. The van der Waals surface area contributed by atoms with Gasteiger partial charge in [-0.3, -0.25) is 29.4 Å². The fourth-order valence-corrected chi connectivity index (χ4v) is 7.47. The first-order chi connectivity index (χ1) is 23.6. The molecule has 8 rings (SSSR count). The Bertz CT molecular complexity index is 2100. The van der Waals surface area contributed by atoms with Crippen LogP contribution in [0.15, 0.2) is 65.2 Å². The van der Waals surface area contributed by atoms with Crippen LogP contribution in [0.5, 0.6) is 0 Å². The van der Waals surface area contributed by atoms with Crippen molar-refractivity contribution in [1.29, 1.82) is 0 Å². The number of carbonyl (C=O) groups excluding carboxylic acids is 4. The molecule has 4 aliphatic rings. The molecule has 246 valence electrons. The van der Waals surface area contributed by atoms with Crippen molar-refractivity contribution in [3.8, 4) is 11.1 Å². The van der Waals surface area contributed by atoms with Gasteiger partial charge < -0.3 is 19.2 Å². The molecule has 1 atom stereocenters. The van der Waals surface area contributed by atoms with E-state index >= 15 is 0 Å². The van der Waals surface area contributed by atoms with Crippen molar-refractivity contribution in [2.24, 2.45) is 0 Å². The van der Waals surface area contributed by atoms with Gasteiger partial charge in [0.25, 0.3) is 17.4 Å². The minimum absolute atomic E-state index is 0.0739. The van der Waals surface area contributed by atoms with E-state index < -0.39 is 35.2 Å². The third-order valence-electron chi connectivity index (χ3n) is 10.4. The van der Waals surface area contributed by atoms with E-state index in [0.717, 1.165) is 68.5 Å². The van der Waals surface area contributed by atoms with Gasteiger partial charge in [0.05, 0.1) is 22.9 Å². The van der Waals surface area contributed by atoms with Crippen LogP contribution in [0.3, 0.4) is 0 Å². The van der Waals surface area contributed by atoms with Crippen LogP contribution >= 0.6 is 0 Å². The predicted molar refractivity (Wildman–Crippen MR) is 181 cm³/mol. The topological polar surface area (TPSA) is 120 Å². The van der Waals surface area contributed by atoms with Gasteiger partial charge in [0.2, 0.25) is 11.8 Å². The van der Waals surface area contributed by atoms with Gasteiger partial charge in [-0.2, -0.15) is 0 Å². The van der Waals surface area contributed by atoms with Gasteiger partial charge in [-0.25, -0.2) is 6.57 Å². The van der Waals surface area contributed by atoms with Gasteiger partial charge in [-0.15, -0.1) is 0 Å². The van der Waals surface area contributed by atoms with Crippen LogP contribution in [0.4, 0.5) is 17.1 Å². The lowest BCUT2D eigenvalue weighted by molar-refractivity contribution is -0.136. The molecule has 1 aliphatic carbocycles. The SMILES string of the molecule is [C-]#[N+]C1(c2ccc(N(c3cc(-c4c(C)noc4C)ccc3C)C3CN(c4ccc5c(c4)C(=O)N(C4CCC(=O)NC4=O)C5=O)C3)cc2)CC1. The largest absolute Gasteiger partial charge is 0.367 e. The molecule has 11 nitrogen and oxygen atoms in total. The number of rotatable bonds is 7. The Balaban J connectivity index is 1.09. The smallest absolute Gasteiger partial charge is 0.262 e. The van der Waals surface area contributed by atoms with Crippen LogP contribution in [-0.4, -0.2) is 58.9 Å². The summed E-state index contributed by atoms with van der Waals surface area (Å²) >= 11 is 0. The maximum absolute atomic E-state index is 13.5. The standard InChI is InChI=1S/C38H34N6O5/c1-21-5-6-24(34-22(2)41-49-23(34)3)17-32(21)43(26-9-7-25(8-10-26)38(39-4)15-16-38)28-19-42(20-28)27-11-12-29-30(18-27)37(48)44(36(29)47)31-13-14-33(45)40-35(31)46/h5-12,17-18,28,31H,13-16,19-20H2,1-3H3,(H,40,45,46). The van der Waals surface area contributed by atoms with E-state index in [9.17, 15) is 19.2 Å². The fourth-order valence-electron chi connectivity index (χ4n) is 7.47. The first kappa shape index (κ1) is 30.6. The number of aromatic nitrogens is 1. The number of fused-ring (bicyclic) bond motifs is 1. The number of hydrogen-bond donors (Lipinski definition) is 1. The van der Waals surface area contributed by atoms with Crippen molar-refractivity contribution in [3.63, 3.8) is 0 Å². The van der Waals surface area contributed by atoms with Crippen molar-refractivity contribution in [2.45, 2.75) is 64.1 Å². The maximum Gasteiger partial charge on any atom is 0.262 e. The van der Waals surface area contributed by atoms with Crippen LogP contribution in [-0.2, 0) is 15.1 Å². The van der Waals surface area contributed by atoms with E-state index in [-0.39, 0.29) is 30.0 Å². The van der Waals surface area contributed by atoms with E-state index in [1.54, 1.807) is 12.1 Å². The Morgan fingerprint density at radius 3 is 2.33 bits per heavy atom. The van der Waals surface area contributed by atoms with Crippen molar-refractivity contribution >= 4 is 40.7 Å². The molecule has 1 aromatic heterocycles. The zero-order valence-corrected chi connectivity index (χ0v) is 27.4. The lowest BCUT2D eigenvalue weighted by atomic mass is 9.97. The van der Waals surface area contributed by atoms with E-state index in [1.165, 1.54) is 0 Å². The summed E-state index contributed by atoms with van der Waals surface area (Å²) in [6.07, 6.45) is 1.96. The molecular formula is C38H34N6O5. The third kappa shape index (κ3) is 4.89. The summed E-state index contributed by atoms with van der Waals surface area (Å²) in [6, 6.07) is 19.1. The Kier molecular flexibility index (Phi) is 6.96. The molecule has 11 heteroatoms. The fraction of sp³-hybridized carbons (Fsp3) is 0.316. The van der Waals surface area contributed by atoms with Gasteiger partial charge in [-0.05, 0) is 86.8 Å². The number of piperidine rings is 1. The maximum atomic E-state index is 13.5. The summed E-state index contributed by atoms with van der Waals surface area (Å²) in [7, 11) is 0. The number of nitrogens with one attached hydrogen (secondary N) is 1. The Hall–Kier alpha value is -5.76. The number of aryl methyl sites for hydroxylation is 3. The molecule has 4 amide bonds. The zero-order chi connectivity index (χ0) is 34.2. The molecule has 4 aromatic rings. The van der Waals surface area contributed by atoms with Gasteiger partial charge in [0, 0.05) is 60.5 Å². The summed E-state index contributed by atoms with van der Waals surface area (Å²) in [4.78, 5) is 60.3. The number of benzene rings is 3. The molecule has 3 aromatic carbocycles. The Morgan fingerprint density at radius 1 is 0.939 bits per heavy atom. The summed E-state index contributed by atoms with van der Waals surface area (Å²) in [6.45, 7) is 15.0. The molecule has 0 bridgehead atoms. The molecule has 0 radical (unpaired) electrons. The second kappa shape index (κ2) is 11.2. The minimum Gasteiger partial charge on any atom is -0.367 e. The molecule has 1 unspecified atom stereocenters. The van der Waals surface area contributed by atoms with Gasteiger partial charge in [0.1, 0.15) is 11.8 Å². The van der Waals surface area contributed by atoms with Crippen LogP contribution in [0, 0.1) is 27.3 Å². The molecule has 4 heterocycles. The number of nitrogens with zero attached hydrogens (tertiary/aromatic N) is 5. The van der Waals surface area contributed by atoms with E-state index in [1.807, 2.05) is 19.9 Å². The minimum atomic E-state index is -1.00. The number of imide groups is 2. The summed E-state index contributed by atoms with van der Waals surface area (Å²) in [5.74, 6) is -1.31.